The topological polar surface area (TPSA) is 56.1 Å². The van der Waals surface area contributed by atoms with E-state index in [2.05, 4.69) is 43.3 Å². The second-order valence-corrected chi connectivity index (χ2v) is 8.47. The summed E-state index contributed by atoms with van der Waals surface area (Å²) in [4.78, 5) is 12.5. The molecule has 1 aromatic heterocycles. The molecule has 0 unspecified atom stereocenters. The summed E-state index contributed by atoms with van der Waals surface area (Å²) >= 11 is 0. The van der Waals surface area contributed by atoms with Gasteiger partial charge in [0.2, 0.25) is 5.91 Å². The van der Waals surface area contributed by atoms with E-state index in [1.807, 2.05) is 29.8 Å². The lowest BCUT2D eigenvalue weighted by Gasteiger charge is -2.22. The van der Waals surface area contributed by atoms with Crippen LogP contribution in [0.5, 0.6) is 5.75 Å². The molecule has 5 heteroatoms. The molecule has 1 aliphatic carbocycles. The van der Waals surface area contributed by atoms with Gasteiger partial charge in [-0.05, 0) is 77.5 Å². The number of carbonyl (C=O) groups excluding carboxylic acids is 1. The van der Waals surface area contributed by atoms with E-state index in [9.17, 15) is 4.79 Å². The van der Waals surface area contributed by atoms with Crippen LogP contribution < -0.4 is 10.1 Å². The number of aryl methyl sites for hydroxylation is 2. The number of carbonyl (C=O) groups is 1. The number of anilines is 1. The van der Waals surface area contributed by atoms with Crippen molar-refractivity contribution in [1.29, 1.82) is 0 Å². The van der Waals surface area contributed by atoms with Crippen LogP contribution in [0.4, 0.5) is 5.82 Å². The molecule has 1 aromatic carbocycles. The van der Waals surface area contributed by atoms with Gasteiger partial charge in [-0.3, -0.25) is 4.79 Å². The first kappa shape index (κ1) is 19.5. The van der Waals surface area contributed by atoms with Gasteiger partial charge in [-0.1, -0.05) is 12.1 Å². The van der Waals surface area contributed by atoms with E-state index >= 15 is 0 Å². The summed E-state index contributed by atoms with van der Waals surface area (Å²) < 4.78 is 7.93. The van der Waals surface area contributed by atoms with Gasteiger partial charge in [0.05, 0.1) is 17.3 Å². The van der Waals surface area contributed by atoms with Gasteiger partial charge in [0, 0.05) is 12.5 Å². The van der Waals surface area contributed by atoms with Gasteiger partial charge in [-0.2, -0.15) is 5.10 Å². The average Bonchev–Trinajstić information content (AvgIpc) is 3.22. The van der Waals surface area contributed by atoms with Crippen molar-refractivity contribution >= 4 is 11.7 Å². The van der Waals surface area contributed by atoms with E-state index < -0.39 is 0 Å². The summed E-state index contributed by atoms with van der Waals surface area (Å²) in [5.41, 5.74) is 1.85. The molecule has 1 heterocycles. The third-order valence-electron chi connectivity index (χ3n) is 4.88. The highest BCUT2D eigenvalue weighted by Gasteiger charge is 2.20. The van der Waals surface area contributed by atoms with Crippen molar-refractivity contribution in [2.75, 3.05) is 5.32 Å². The van der Waals surface area contributed by atoms with Gasteiger partial charge < -0.3 is 10.1 Å². The van der Waals surface area contributed by atoms with Crippen molar-refractivity contribution in [3.05, 3.63) is 41.6 Å². The van der Waals surface area contributed by atoms with Gasteiger partial charge in [0.15, 0.2) is 0 Å². The first-order valence-electron chi connectivity index (χ1n) is 9.94. The van der Waals surface area contributed by atoms with Crippen molar-refractivity contribution in [3.8, 4) is 5.75 Å². The molecule has 27 heavy (non-hydrogen) atoms. The zero-order valence-electron chi connectivity index (χ0n) is 16.9. The number of rotatable bonds is 6. The first-order chi connectivity index (χ1) is 12.8. The van der Waals surface area contributed by atoms with Crippen molar-refractivity contribution in [2.24, 2.45) is 0 Å². The summed E-state index contributed by atoms with van der Waals surface area (Å²) in [6, 6.07) is 10.1. The van der Waals surface area contributed by atoms with Crippen molar-refractivity contribution in [3.63, 3.8) is 0 Å². The highest BCUT2D eigenvalue weighted by Crippen LogP contribution is 2.25. The van der Waals surface area contributed by atoms with Crippen LogP contribution in [0, 0.1) is 6.92 Å². The predicted octanol–water partition coefficient (Wildman–Crippen LogP) is 4.84. The summed E-state index contributed by atoms with van der Waals surface area (Å²) in [6.07, 6.45) is 6.28. The Hall–Kier alpha value is -2.30. The Morgan fingerprint density at radius 2 is 2.00 bits per heavy atom. The zero-order valence-corrected chi connectivity index (χ0v) is 16.9. The predicted molar refractivity (Wildman–Crippen MR) is 108 cm³/mol. The van der Waals surface area contributed by atoms with Crippen LogP contribution in [0.1, 0.15) is 64.1 Å². The molecular formula is C22H31N3O2. The molecule has 0 bridgehead atoms. The van der Waals surface area contributed by atoms with Crippen LogP contribution in [0.25, 0.3) is 0 Å². The molecule has 2 aromatic rings. The normalized spacial score (nSPS) is 15.1. The van der Waals surface area contributed by atoms with E-state index in [4.69, 9.17) is 4.74 Å². The van der Waals surface area contributed by atoms with Crippen molar-refractivity contribution in [2.45, 2.75) is 77.9 Å². The van der Waals surface area contributed by atoms with E-state index in [1.165, 1.54) is 12.8 Å². The number of ether oxygens (including phenoxy) is 1. The lowest BCUT2D eigenvalue weighted by molar-refractivity contribution is -0.116. The number of nitrogens with zero attached hydrogens (tertiary/aromatic N) is 2. The number of nitrogens with one attached hydrogen (secondary N) is 1. The summed E-state index contributed by atoms with van der Waals surface area (Å²) in [5.74, 6) is 1.67. The van der Waals surface area contributed by atoms with Gasteiger partial charge in [0.1, 0.15) is 11.6 Å². The maximum atomic E-state index is 12.5. The number of benzene rings is 1. The summed E-state index contributed by atoms with van der Waals surface area (Å²) in [5, 5.41) is 7.51. The van der Waals surface area contributed by atoms with Gasteiger partial charge in [-0.25, -0.2) is 4.68 Å². The molecule has 0 saturated heterocycles. The Kier molecular flexibility index (Phi) is 5.88. The summed E-state index contributed by atoms with van der Waals surface area (Å²) in [6.45, 7) is 8.16. The molecular weight excluding hydrogens is 338 g/mol. The van der Waals surface area contributed by atoms with Crippen LogP contribution in [0.15, 0.2) is 30.3 Å². The third kappa shape index (κ3) is 5.34. The maximum absolute atomic E-state index is 12.5. The second-order valence-electron chi connectivity index (χ2n) is 8.47. The minimum atomic E-state index is -0.178. The molecule has 0 aliphatic heterocycles. The molecule has 1 fully saturated rings. The Bertz CT molecular complexity index is 783. The fraction of sp³-hybridized carbons (Fsp3) is 0.545. The zero-order chi connectivity index (χ0) is 19.4. The van der Waals surface area contributed by atoms with Crippen LogP contribution in [-0.2, 0) is 16.8 Å². The van der Waals surface area contributed by atoms with Crippen LogP contribution >= 0.6 is 0 Å². The minimum Gasteiger partial charge on any atom is -0.490 e. The van der Waals surface area contributed by atoms with E-state index in [-0.39, 0.29) is 11.4 Å². The lowest BCUT2D eigenvalue weighted by atomic mass is 10.1. The molecule has 1 amide bonds. The quantitative estimate of drug-likeness (QED) is 0.793. The van der Waals surface area contributed by atoms with E-state index in [0.717, 1.165) is 35.7 Å². The number of hydrogen-bond acceptors (Lipinski definition) is 3. The number of hydrogen-bond donors (Lipinski definition) is 1. The van der Waals surface area contributed by atoms with Gasteiger partial charge in [-0.15, -0.1) is 0 Å². The molecule has 0 spiro atoms. The second kappa shape index (κ2) is 8.15. The highest BCUT2D eigenvalue weighted by atomic mass is 16.5. The highest BCUT2D eigenvalue weighted by molar-refractivity contribution is 5.90. The fourth-order valence-corrected chi connectivity index (χ4v) is 3.54. The van der Waals surface area contributed by atoms with E-state index in [1.54, 1.807) is 0 Å². The third-order valence-corrected chi connectivity index (χ3v) is 4.88. The number of amides is 1. The lowest BCUT2D eigenvalue weighted by Crippen LogP contribution is -2.26. The fourth-order valence-electron chi connectivity index (χ4n) is 3.54. The molecule has 5 nitrogen and oxygen atoms in total. The Labute approximate surface area is 162 Å². The largest absolute Gasteiger partial charge is 0.490 e. The average molecular weight is 370 g/mol. The summed E-state index contributed by atoms with van der Waals surface area (Å²) in [7, 11) is 0. The number of aromatic nitrogens is 2. The van der Waals surface area contributed by atoms with E-state index in [0.29, 0.717) is 18.9 Å². The monoisotopic (exact) mass is 369 g/mol. The standard InChI is InChI=1S/C22H31N3O2/c1-16-14-20(25(24-16)22(2,3)4)23-21(26)13-12-17-8-7-11-19(15-17)27-18-9-5-6-10-18/h7-8,11,14-15,18H,5-6,9-10,12-13H2,1-4H3,(H,23,26). The molecule has 0 atom stereocenters. The van der Waals surface area contributed by atoms with Crippen LogP contribution in [0.3, 0.4) is 0 Å². The minimum absolute atomic E-state index is 0.00233. The Morgan fingerprint density at radius 3 is 2.70 bits per heavy atom. The molecule has 3 rings (SSSR count). The van der Waals surface area contributed by atoms with Gasteiger partial charge in [0.25, 0.3) is 0 Å². The molecule has 1 N–H and O–H groups in total. The van der Waals surface area contributed by atoms with Crippen molar-refractivity contribution in [1.82, 2.24) is 9.78 Å². The molecule has 1 aliphatic rings. The van der Waals surface area contributed by atoms with Gasteiger partial charge >= 0.3 is 0 Å². The van der Waals surface area contributed by atoms with Crippen molar-refractivity contribution < 1.29 is 9.53 Å². The molecule has 146 valence electrons. The maximum Gasteiger partial charge on any atom is 0.225 e. The first-order valence-corrected chi connectivity index (χ1v) is 9.94. The van der Waals surface area contributed by atoms with Crippen LogP contribution in [0.2, 0.25) is 0 Å². The Morgan fingerprint density at radius 1 is 1.26 bits per heavy atom. The molecule has 1 saturated carbocycles. The van der Waals surface area contributed by atoms with Crippen LogP contribution in [-0.4, -0.2) is 21.8 Å². The Balaban J connectivity index is 1.56. The smallest absolute Gasteiger partial charge is 0.225 e. The SMILES string of the molecule is Cc1cc(NC(=O)CCc2cccc(OC3CCCC3)c2)n(C(C)(C)C)n1. The molecule has 0 radical (unpaired) electrons.